The molecule has 0 unspecified atom stereocenters. The van der Waals surface area contributed by atoms with Gasteiger partial charge in [-0.05, 0) is 15.9 Å². The lowest BCUT2D eigenvalue weighted by molar-refractivity contribution is 0.560. The normalized spacial score (nSPS) is 11.1. The summed E-state index contributed by atoms with van der Waals surface area (Å²) in [5, 5.41) is 3.31. The second-order valence-corrected chi connectivity index (χ2v) is 3.90. The summed E-state index contributed by atoms with van der Waals surface area (Å²) in [4.78, 5) is 4.24. The van der Waals surface area contributed by atoms with Gasteiger partial charge in [0.05, 0.1) is 12.7 Å². The van der Waals surface area contributed by atoms with E-state index >= 15 is 0 Å². The number of hydrogen-bond donors (Lipinski definition) is 1. The quantitative estimate of drug-likeness (QED) is 0.859. The Bertz CT molecular complexity index is 255. The number of hydrogen-bond acceptors (Lipinski definition) is 2. The van der Waals surface area contributed by atoms with Gasteiger partial charge in [-0.25, -0.2) is 4.98 Å². The van der Waals surface area contributed by atoms with E-state index in [-0.39, 0.29) is 0 Å². The zero-order chi connectivity index (χ0) is 9.14. The SMILES string of the molecule is CC(C)NCc1ncc(Br)n1C. The van der Waals surface area contributed by atoms with E-state index in [9.17, 15) is 0 Å². The highest BCUT2D eigenvalue weighted by atomic mass is 79.9. The summed E-state index contributed by atoms with van der Waals surface area (Å²) >= 11 is 3.40. The van der Waals surface area contributed by atoms with Crippen LogP contribution in [0.5, 0.6) is 0 Å². The summed E-state index contributed by atoms with van der Waals surface area (Å²) < 4.78 is 3.04. The molecule has 3 nitrogen and oxygen atoms in total. The maximum Gasteiger partial charge on any atom is 0.123 e. The molecule has 0 aliphatic carbocycles. The molecule has 0 atom stereocenters. The third-order valence-corrected chi connectivity index (χ3v) is 2.43. The summed E-state index contributed by atoms with van der Waals surface area (Å²) in [6, 6.07) is 0.500. The van der Waals surface area contributed by atoms with E-state index in [4.69, 9.17) is 0 Å². The summed E-state index contributed by atoms with van der Waals surface area (Å²) in [7, 11) is 1.99. The lowest BCUT2D eigenvalue weighted by atomic mass is 10.4. The Morgan fingerprint density at radius 3 is 2.75 bits per heavy atom. The predicted octanol–water partition coefficient (Wildman–Crippen LogP) is 1.68. The van der Waals surface area contributed by atoms with Crippen molar-refractivity contribution in [1.82, 2.24) is 14.9 Å². The molecule has 0 fully saturated rings. The molecule has 0 spiro atoms. The summed E-state index contributed by atoms with van der Waals surface area (Å²) in [5.74, 6) is 1.05. The van der Waals surface area contributed by atoms with E-state index in [0.29, 0.717) is 6.04 Å². The van der Waals surface area contributed by atoms with Crippen molar-refractivity contribution in [1.29, 1.82) is 0 Å². The molecule has 0 aliphatic heterocycles. The van der Waals surface area contributed by atoms with Crippen LogP contribution in [0.2, 0.25) is 0 Å². The Kier molecular flexibility index (Phi) is 3.29. The van der Waals surface area contributed by atoms with Crippen LogP contribution in [0.15, 0.2) is 10.8 Å². The predicted molar refractivity (Wildman–Crippen MR) is 52.9 cm³/mol. The Hall–Kier alpha value is -0.350. The minimum atomic E-state index is 0.500. The van der Waals surface area contributed by atoms with Crippen LogP contribution in [0, 0.1) is 0 Å². The van der Waals surface area contributed by atoms with Crippen LogP contribution in [-0.2, 0) is 13.6 Å². The van der Waals surface area contributed by atoms with Crippen LogP contribution < -0.4 is 5.32 Å². The number of halogens is 1. The summed E-state index contributed by atoms with van der Waals surface area (Å²) in [6.45, 7) is 5.07. The van der Waals surface area contributed by atoms with E-state index in [2.05, 4.69) is 40.1 Å². The molecule has 0 radical (unpaired) electrons. The minimum Gasteiger partial charge on any atom is -0.325 e. The van der Waals surface area contributed by atoms with Crippen molar-refractivity contribution in [3.8, 4) is 0 Å². The Balaban J connectivity index is 2.58. The second kappa shape index (κ2) is 4.05. The lowest BCUT2D eigenvalue weighted by Gasteiger charge is -2.07. The largest absolute Gasteiger partial charge is 0.325 e. The van der Waals surface area contributed by atoms with Crippen molar-refractivity contribution < 1.29 is 0 Å². The van der Waals surface area contributed by atoms with Gasteiger partial charge in [0.2, 0.25) is 0 Å². The van der Waals surface area contributed by atoms with Crippen LogP contribution in [0.1, 0.15) is 19.7 Å². The van der Waals surface area contributed by atoms with Crippen LogP contribution >= 0.6 is 15.9 Å². The van der Waals surface area contributed by atoms with Crippen LogP contribution in [0.3, 0.4) is 0 Å². The molecule has 0 bridgehead atoms. The molecule has 1 heterocycles. The van der Waals surface area contributed by atoms with Crippen molar-refractivity contribution in [2.24, 2.45) is 7.05 Å². The molecule has 0 amide bonds. The monoisotopic (exact) mass is 231 g/mol. The van der Waals surface area contributed by atoms with Crippen LogP contribution in [0.25, 0.3) is 0 Å². The van der Waals surface area contributed by atoms with Crippen molar-refractivity contribution in [2.75, 3.05) is 0 Å². The molecule has 0 saturated carbocycles. The van der Waals surface area contributed by atoms with Crippen molar-refractivity contribution in [3.63, 3.8) is 0 Å². The van der Waals surface area contributed by atoms with Gasteiger partial charge in [0.1, 0.15) is 10.4 Å². The Morgan fingerprint density at radius 1 is 1.67 bits per heavy atom. The van der Waals surface area contributed by atoms with Crippen LogP contribution in [0.4, 0.5) is 0 Å². The molecule has 1 N–H and O–H groups in total. The topological polar surface area (TPSA) is 29.9 Å². The average Bonchev–Trinajstić information content (AvgIpc) is 2.30. The van der Waals surface area contributed by atoms with Crippen LogP contribution in [-0.4, -0.2) is 15.6 Å². The van der Waals surface area contributed by atoms with Crippen molar-refractivity contribution >= 4 is 15.9 Å². The maximum absolute atomic E-state index is 4.24. The molecule has 1 aromatic rings. The number of aromatic nitrogens is 2. The molecule has 4 heteroatoms. The highest BCUT2D eigenvalue weighted by Gasteiger charge is 2.03. The van der Waals surface area contributed by atoms with Gasteiger partial charge in [0.15, 0.2) is 0 Å². The molecular formula is C8H14BrN3. The molecule has 1 rings (SSSR count). The first kappa shape index (κ1) is 9.74. The maximum atomic E-state index is 4.24. The minimum absolute atomic E-state index is 0.500. The van der Waals surface area contributed by atoms with Crippen molar-refractivity contribution in [3.05, 3.63) is 16.6 Å². The van der Waals surface area contributed by atoms with Gasteiger partial charge in [-0.15, -0.1) is 0 Å². The molecule has 12 heavy (non-hydrogen) atoms. The molecule has 68 valence electrons. The lowest BCUT2D eigenvalue weighted by Crippen LogP contribution is -2.23. The number of imidazole rings is 1. The molecule has 1 aromatic heterocycles. The van der Waals surface area contributed by atoms with Gasteiger partial charge in [-0.1, -0.05) is 13.8 Å². The fourth-order valence-electron chi connectivity index (χ4n) is 0.884. The standard InChI is InChI=1S/C8H14BrN3/c1-6(2)10-5-8-11-4-7(9)12(8)3/h4,6,10H,5H2,1-3H3. The van der Waals surface area contributed by atoms with E-state index in [0.717, 1.165) is 17.0 Å². The van der Waals surface area contributed by atoms with Gasteiger partial charge < -0.3 is 9.88 Å². The van der Waals surface area contributed by atoms with E-state index in [1.165, 1.54) is 0 Å². The highest BCUT2D eigenvalue weighted by Crippen LogP contribution is 2.09. The molecular weight excluding hydrogens is 218 g/mol. The number of nitrogens with one attached hydrogen (secondary N) is 1. The Labute approximate surface area is 81.3 Å². The fraction of sp³-hybridized carbons (Fsp3) is 0.625. The highest BCUT2D eigenvalue weighted by molar-refractivity contribution is 9.10. The Morgan fingerprint density at radius 2 is 2.33 bits per heavy atom. The fourth-order valence-corrected chi connectivity index (χ4v) is 1.19. The third kappa shape index (κ3) is 2.32. The number of nitrogens with zero attached hydrogens (tertiary/aromatic N) is 2. The second-order valence-electron chi connectivity index (χ2n) is 3.09. The zero-order valence-corrected chi connectivity index (χ0v) is 9.22. The zero-order valence-electron chi connectivity index (χ0n) is 7.63. The smallest absolute Gasteiger partial charge is 0.123 e. The summed E-state index contributed by atoms with van der Waals surface area (Å²) in [5.41, 5.74) is 0. The first-order valence-corrected chi connectivity index (χ1v) is 4.80. The number of rotatable bonds is 3. The third-order valence-electron chi connectivity index (χ3n) is 1.70. The van der Waals surface area contributed by atoms with E-state index < -0.39 is 0 Å². The average molecular weight is 232 g/mol. The van der Waals surface area contributed by atoms with Crippen molar-refractivity contribution in [2.45, 2.75) is 26.4 Å². The van der Waals surface area contributed by atoms with E-state index in [1.807, 2.05) is 17.8 Å². The van der Waals surface area contributed by atoms with E-state index in [1.54, 1.807) is 0 Å². The molecule has 0 aromatic carbocycles. The molecule has 0 saturated heterocycles. The summed E-state index contributed by atoms with van der Waals surface area (Å²) in [6.07, 6.45) is 1.82. The van der Waals surface area contributed by atoms with Gasteiger partial charge in [0.25, 0.3) is 0 Å². The molecule has 0 aliphatic rings. The first-order valence-electron chi connectivity index (χ1n) is 4.00. The van der Waals surface area contributed by atoms with Gasteiger partial charge in [-0.3, -0.25) is 0 Å². The first-order chi connectivity index (χ1) is 5.61. The van der Waals surface area contributed by atoms with Gasteiger partial charge >= 0.3 is 0 Å². The van der Waals surface area contributed by atoms with Gasteiger partial charge in [-0.2, -0.15) is 0 Å². The van der Waals surface area contributed by atoms with Gasteiger partial charge in [0, 0.05) is 13.1 Å².